The zero-order valence-electron chi connectivity index (χ0n) is 14.1. The topological polar surface area (TPSA) is 20.3 Å². The van der Waals surface area contributed by atoms with Crippen LogP contribution >= 0.6 is 11.8 Å². The molecule has 0 aromatic heterocycles. The molecule has 4 heteroatoms. The molecule has 1 aromatic carbocycles. The lowest BCUT2D eigenvalue weighted by molar-refractivity contribution is -0.131. The normalized spacial score (nSPS) is 17.7. The van der Waals surface area contributed by atoms with E-state index in [4.69, 9.17) is 0 Å². The molecule has 2 nitrogen and oxygen atoms in total. The number of halogens is 1. The maximum Gasteiger partial charge on any atom is 0.223 e. The quantitative estimate of drug-likeness (QED) is 0.551. The molecule has 1 unspecified atom stereocenters. The van der Waals surface area contributed by atoms with E-state index in [0.29, 0.717) is 6.42 Å². The van der Waals surface area contributed by atoms with Crippen LogP contribution in [0.4, 0.5) is 4.39 Å². The highest BCUT2D eigenvalue weighted by Gasteiger charge is 2.30. The summed E-state index contributed by atoms with van der Waals surface area (Å²) in [5.74, 6) is 0.927. The SMILES string of the molecule is CCCCCCCCCC(=O)N1CCSC1c1cccc(F)c1. The standard InChI is InChI=1S/C19H28FNOS/c1-2-3-4-5-6-7-8-12-18(22)21-13-14-23-19(21)16-10-9-11-17(20)15-16/h9-11,15,19H,2-8,12-14H2,1H3. The predicted molar refractivity (Wildman–Crippen MR) is 95.9 cm³/mol. The van der Waals surface area contributed by atoms with Crippen LogP contribution in [0.1, 0.15) is 69.2 Å². The Morgan fingerprint density at radius 1 is 1.22 bits per heavy atom. The fourth-order valence-electron chi connectivity index (χ4n) is 3.04. The van der Waals surface area contributed by atoms with E-state index in [0.717, 1.165) is 30.7 Å². The summed E-state index contributed by atoms with van der Waals surface area (Å²) in [5, 5.41) is -0.0113. The van der Waals surface area contributed by atoms with E-state index >= 15 is 0 Å². The average molecular weight is 338 g/mol. The Bertz CT molecular complexity index is 494. The van der Waals surface area contributed by atoms with Crippen LogP contribution in [-0.4, -0.2) is 23.1 Å². The summed E-state index contributed by atoms with van der Waals surface area (Å²) < 4.78 is 13.4. The average Bonchev–Trinajstić information content (AvgIpc) is 3.03. The summed E-state index contributed by atoms with van der Waals surface area (Å²) in [5.41, 5.74) is 0.903. The molecule has 1 aliphatic heterocycles. The summed E-state index contributed by atoms with van der Waals surface area (Å²) >= 11 is 1.73. The molecule has 0 aliphatic carbocycles. The van der Waals surface area contributed by atoms with Gasteiger partial charge in [-0.05, 0) is 24.1 Å². The number of carbonyl (C=O) groups excluding carboxylic acids is 1. The smallest absolute Gasteiger partial charge is 0.223 e. The fraction of sp³-hybridized carbons (Fsp3) is 0.632. The van der Waals surface area contributed by atoms with Crippen molar-refractivity contribution < 1.29 is 9.18 Å². The van der Waals surface area contributed by atoms with Gasteiger partial charge in [0.2, 0.25) is 5.91 Å². The Hall–Kier alpha value is -1.03. The number of rotatable bonds is 9. The van der Waals surface area contributed by atoms with E-state index in [-0.39, 0.29) is 17.1 Å². The zero-order chi connectivity index (χ0) is 16.5. The van der Waals surface area contributed by atoms with Crippen molar-refractivity contribution in [3.63, 3.8) is 0 Å². The number of nitrogens with zero attached hydrogens (tertiary/aromatic N) is 1. The molecule has 0 N–H and O–H groups in total. The van der Waals surface area contributed by atoms with E-state index in [1.54, 1.807) is 23.9 Å². The number of hydrogen-bond acceptors (Lipinski definition) is 2. The van der Waals surface area contributed by atoms with Crippen LogP contribution in [0.2, 0.25) is 0 Å². The summed E-state index contributed by atoms with van der Waals surface area (Å²) in [6.45, 7) is 3.00. The van der Waals surface area contributed by atoms with Gasteiger partial charge in [-0.15, -0.1) is 11.8 Å². The van der Waals surface area contributed by atoms with E-state index in [1.807, 2.05) is 11.0 Å². The van der Waals surface area contributed by atoms with Gasteiger partial charge in [-0.2, -0.15) is 0 Å². The Balaban J connectivity index is 1.75. The monoisotopic (exact) mass is 337 g/mol. The third-order valence-corrected chi connectivity index (χ3v) is 5.60. The number of thioether (sulfide) groups is 1. The van der Waals surface area contributed by atoms with Crippen LogP contribution in [0.25, 0.3) is 0 Å². The van der Waals surface area contributed by atoms with Crippen molar-refractivity contribution in [3.8, 4) is 0 Å². The Morgan fingerprint density at radius 2 is 1.96 bits per heavy atom. The molecule has 128 valence electrons. The van der Waals surface area contributed by atoms with Gasteiger partial charge in [0.1, 0.15) is 11.2 Å². The second-order valence-electron chi connectivity index (χ2n) is 6.24. The maximum atomic E-state index is 13.4. The van der Waals surface area contributed by atoms with Crippen molar-refractivity contribution in [2.45, 2.75) is 63.7 Å². The molecule has 1 atom stereocenters. The molecule has 0 saturated carbocycles. The minimum Gasteiger partial charge on any atom is -0.326 e. The zero-order valence-corrected chi connectivity index (χ0v) is 14.9. The number of carbonyl (C=O) groups is 1. The number of amides is 1. The molecule has 1 saturated heterocycles. The van der Waals surface area contributed by atoms with E-state index in [9.17, 15) is 9.18 Å². The van der Waals surface area contributed by atoms with Gasteiger partial charge in [-0.1, -0.05) is 57.6 Å². The second kappa shape index (κ2) is 9.96. The van der Waals surface area contributed by atoms with Crippen LogP contribution in [0.3, 0.4) is 0 Å². The lowest BCUT2D eigenvalue weighted by Crippen LogP contribution is -2.30. The minimum atomic E-state index is -0.227. The summed E-state index contributed by atoms with van der Waals surface area (Å²) in [6.07, 6.45) is 9.16. The van der Waals surface area contributed by atoms with Crippen molar-refractivity contribution in [2.75, 3.05) is 12.3 Å². The second-order valence-corrected chi connectivity index (χ2v) is 7.42. The van der Waals surface area contributed by atoms with Gasteiger partial charge < -0.3 is 4.90 Å². The van der Waals surface area contributed by atoms with E-state index in [1.165, 1.54) is 38.2 Å². The van der Waals surface area contributed by atoms with Crippen LogP contribution < -0.4 is 0 Å². The lowest BCUT2D eigenvalue weighted by atomic mass is 10.1. The van der Waals surface area contributed by atoms with E-state index in [2.05, 4.69) is 6.92 Å². The highest BCUT2D eigenvalue weighted by Crippen LogP contribution is 2.38. The fourth-order valence-corrected chi connectivity index (χ4v) is 4.31. The minimum absolute atomic E-state index is 0.0113. The Morgan fingerprint density at radius 3 is 2.70 bits per heavy atom. The lowest BCUT2D eigenvalue weighted by Gasteiger charge is -2.24. The van der Waals surface area contributed by atoms with Crippen LogP contribution in [-0.2, 0) is 4.79 Å². The van der Waals surface area contributed by atoms with Gasteiger partial charge >= 0.3 is 0 Å². The van der Waals surface area contributed by atoms with Crippen molar-refractivity contribution in [1.29, 1.82) is 0 Å². The molecule has 1 amide bonds. The molecular weight excluding hydrogens is 309 g/mol. The van der Waals surface area contributed by atoms with Gasteiger partial charge in [-0.3, -0.25) is 4.79 Å². The molecule has 0 radical (unpaired) electrons. The first kappa shape index (κ1) is 18.3. The van der Waals surface area contributed by atoms with Crippen LogP contribution in [0, 0.1) is 5.82 Å². The van der Waals surface area contributed by atoms with Crippen molar-refractivity contribution in [3.05, 3.63) is 35.6 Å². The molecule has 1 aromatic rings. The van der Waals surface area contributed by atoms with Gasteiger partial charge in [0.05, 0.1) is 0 Å². The van der Waals surface area contributed by atoms with Crippen molar-refractivity contribution >= 4 is 17.7 Å². The molecule has 23 heavy (non-hydrogen) atoms. The van der Waals surface area contributed by atoms with Crippen molar-refractivity contribution in [1.82, 2.24) is 4.90 Å². The third-order valence-electron chi connectivity index (χ3n) is 4.34. The van der Waals surface area contributed by atoms with Crippen LogP contribution in [0.15, 0.2) is 24.3 Å². The molecule has 2 rings (SSSR count). The molecular formula is C19H28FNOS. The van der Waals surface area contributed by atoms with Crippen LogP contribution in [0.5, 0.6) is 0 Å². The summed E-state index contributed by atoms with van der Waals surface area (Å²) in [4.78, 5) is 14.4. The molecule has 1 fully saturated rings. The molecule has 0 spiro atoms. The molecule has 1 heterocycles. The number of benzene rings is 1. The van der Waals surface area contributed by atoms with Gasteiger partial charge in [0, 0.05) is 18.7 Å². The first-order valence-corrected chi connectivity index (χ1v) is 9.93. The maximum absolute atomic E-state index is 13.4. The Kier molecular flexibility index (Phi) is 7.93. The first-order chi connectivity index (χ1) is 11.2. The third kappa shape index (κ3) is 5.83. The van der Waals surface area contributed by atoms with Gasteiger partial charge in [0.15, 0.2) is 0 Å². The van der Waals surface area contributed by atoms with E-state index < -0.39 is 0 Å². The molecule has 1 aliphatic rings. The predicted octanol–water partition coefficient (Wildman–Crippen LogP) is 5.54. The highest BCUT2D eigenvalue weighted by atomic mass is 32.2. The highest BCUT2D eigenvalue weighted by molar-refractivity contribution is 7.99. The largest absolute Gasteiger partial charge is 0.326 e. The summed E-state index contributed by atoms with van der Waals surface area (Å²) in [6, 6.07) is 6.65. The van der Waals surface area contributed by atoms with Gasteiger partial charge in [0.25, 0.3) is 0 Å². The first-order valence-electron chi connectivity index (χ1n) is 8.89. The number of unbranched alkanes of at least 4 members (excludes halogenated alkanes) is 6. The molecule has 0 bridgehead atoms. The summed E-state index contributed by atoms with van der Waals surface area (Å²) in [7, 11) is 0. The van der Waals surface area contributed by atoms with Gasteiger partial charge in [-0.25, -0.2) is 4.39 Å². The van der Waals surface area contributed by atoms with Crippen molar-refractivity contribution in [2.24, 2.45) is 0 Å². The Labute approximate surface area is 143 Å². The number of hydrogen-bond donors (Lipinski definition) is 0.